The fourth-order valence-electron chi connectivity index (χ4n) is 3.67. The van der Waals surface area contributed by atoms with E-state index in [1.165, 1.54) is 12.1 Å². The normalized spacial score (nSPS) is 23.7. The largest absolute Gasteiger partial charge is 0.416 e. The molecule has 3 rings (SSSR count). The van der Waals surface area contributed by atoms with Gasteiger partial charge < -0.3 is 14.7 Å². The van der Waals surface area contributed by atoms with Gasteiger partial charge in [-0.3, -0.25) is 4.79 Å². The number of likely N-dealkylation sites (tertiary alicyclic amines) is 1. The first-order chi connectivity index (χ1) is 11.8. The molecule has 1 spiro atoms. The lowest BCUT2D eigenvalue weighted by molar-refractivity contribution is -0.179. The smallest absolute Gasteiger partial charge is 0.390 e. The number of alkyl halides is 3. The minimum absolute atomic E-state index is 0.0552. The predicted octanol–water partition coefficient (Wildman–Crippen LogP) is 2.78. The number of carbonyl (C=O) groups is 1. The van der Waals surface area contributed by atoms with E-state index in [2.05, 4.69) is 0 Å². The predicted molar refractivity (Wildman–Crippen MR) is 84.9 cm³/mol. The van der Waals surface area contributed by atoms with E-state index < -0.39 is 23.4 Å². The summed E-state index contributed by atoms with van der Waals surface area (Å²) in [5.41, 5.74) is -0.950. The molecule has 7 heteroatoms. The minimum Gasteiger partial charge on any atom is -0.390 e. The van der Waals surface area contributed by atoms with Crippen LogP contribution in [0.15, 0.2) is 24.3 Å². The van der Waals surface area contributed by atoms with Crippen LogP contribution in [-0.4, -0.2) is 47.3 Å². The van der Waals surface area contributed by atoms with E-state index in [1.807, 2.05) is 0 Å². The maximum absolute atomic E-state index is 12.8. The number of aliphatic hydroxyl groups is 1. The molecule has 0 radical (unpaired) electrons. The van der Waals surface area contributed by atoms with Crippen LogP contribution < -0.4 is 0 Å². The Balaban J connectivity index is 1.60. The van der Waals surface area contributed by atoms with E-state index in [0.29, 0.717) is 44.5 Å². The molecular formula is C18H22F3NO3. The molecular weight excluding hydrogens is 335 g/mol. The molecule has 1 atom stereocenters. The molecule has 1 aromatic carbocycles. The fourth-order valence-corrected chi connectivity index (χ4v) is 3.67. The molecule has 2 aliphatic rings. The van der Waals surface area contributed by atoms with E-state index in [1.54, 1.807) is 4.90 Å². The Morgan fingerprint density at radius 2 is 2.04 bits per heavy atom. The first kappa shape index (κ1) is 18.2. The van der Waals surface area contributed by atoms with Gasteiger partial charge in [-0.1, -0.05) is 18.2 Å². The summed E-state index contributed by atoms with van der Waals surface area (Å²) in [7, 11) is 0. The standard InChI is InChI=1S/C18H22F3NO3/c19-18(20,21)14-4-1-3-13(11-14)12-16(24)22-8-6-17(7-9-22)15(23)5-2-10-25-17/h1,3-4,11,15,23H,2,5-10,12H2. The summed E-state index contributed by atoms with van der Waals surface area (Å²) in [6, 6.07) is 4.88. The van der Waals surface area contributed by atoms with E-state index in [9.17, 15) is 23.1 Å². The van der Waals surface area contributed by atoms with Crippen molar-refractivity contribution in [2.45, 2.75) is 50.0 Å². The highest BCUT2D eigenvalue weighted by Crippen LogP contribution is 2.35. The zero-order chi connectivity index (χ0) is 18.1. The van der Waals surface area contributed by atoms with Crippen LogP contribution in [0.3, 0.4) is 0 Å². The lowest BCUT2D eigenvalue weighted by Crippen LogP contribution is -2.56. The second-order valence-corrected chi connectivity index (χ2v) is 6.83. The van der Waals surface area contributed by atoms with Gasteiger partial charge in [-0.25, -0.2) is 0 Å². The Hall–Kier alpha value is -1.60. The summed E-state index contributed by atoms with van der Waals surface area (Å²) >= 11 is 0. The molecule has 1 N–H and O–H groups in total. The number of rotatable bonds is 2. The van der Waals surface area contributed by atoms with Crippen LogP contribution in [0.1, 0.15) is 36.8 Å². The number of hydrogen-bond acceptors (Lipinski definition) is 3. The highest BCUT2D eigenvalue weighted by atomic mass is 19.4. The van der Waals surface area contributed by atoms with Gasteiger partial charge in [0.15, 0.2) is 0 Å². The van der Waals surface area contributed by atoms with Crippen LogP contribution in [0.2, 0.25) is 0 Å². The lowest BCUT2D eigenvalue weighted by atomic mass is 9.82. The molecule has 2 fully saturated rings. The molecule has 2 saturated heterocycles. The van der Waals surface area contributed by atoms with Crippen LogP contribution in [0.5, 0.6) is 0 Å². The van der Waals surface area contributed by atoms with Crippen molar-refractivity contribution in [3.63, 3.8) is 0 Å². The number of carbonyl (C=O) groups excluding carboxylic acids is 1. The van der Waals surface area contributed by atoms with Gasteiger partial charge in [0.1, 0.15) is 0 Å². The number of piperidine rings is 1. The van der Waals surface area contributed by atoms with Crippen LogP contribution in [0.4, 0.5) is 13.2 Å². The Bertz CT molecular complexity index is 624. The van der Waals surface area contributed by atoms with Gasteiger partial charge in [-0.05, 0) is 37.3 Å². The Morgan fingerprint density at radius 1 is 1.32 bits per heavy atom. The zero-order valence-electron chi connectivity index (χ0n) is 13.9. The minimum atomic E-state index is -4.41. The molecule has 0 aromatic heterocycles. The summed E-state index contributed by atoms with van der Waals surface area (Å²) in [5, 5.41) is 10.2. The number of aliphatic hydroxyl groups excluding tert-OH is 1. The van der Waals surface area contributed by atoms with Crippen molar-refractivity contribution in [2.75, 3.05) is 19.7 Å². The lowest BCUT2D eigenvalue weighted by Gasteiger charge is -2.46. The summed E-state index contributed by atoms with van der Waals surface area (Å²) in [5.74, 6) is -0.195. The van der Waals surface area contributed by atoms with Gasteiger partial charge >= 0.3 is 6.18 Å². The first-order valence-corrected chi connectivity index (χ1v) is 8.56. The van der Waals surface area contributed by atoms with Crippen molar-refractivity contribution in [1.82, 2.24) is 4.90 Å². The second-order valence-electron chi connectivity index (χ2n) is 6.83. The topological polar surface area (TPSA) is 49.8 Å². The number of nitrogens with zero attached hydrogens (tertiary/aromatic N) is 1. The van der Waals surface area contributed by atoms with E-state index >= 15 is 0 Å². The molecule has 1 amide bonds. The van der Waals surface area contributed by atoms with E-state index in [-0.39, 0.29) is 12.3 Å². The third-order valence-electron chi connectivity index (χ3n) is 5.19. The number of ether oxygens (including phenoxy) is 1. The fraction of sp³-hybridized carbons (Fsp3) is 0.611. The van der Waals surface area contributed by atoms with Gasteiger partial charge in [0.25, 0.3) is 0 Å². The van der Waals surface area contributed by atoms with Gasteiger partial charge in [0.2, 0.25) is 5.91 Å². The van der Waals surface area contributed by atoms with Crippen LogP contribution in [0.25, 0.3) is 0 Å². The van der Waals surface area contributed by atoms with Crippen molar-refractivity contribution in [3.05, 3.63) is 35.4 Å². The molecule has 0 aliphatic carbocycles. The molecule has 0 saturated carbocycles. The van der Waals surface area contributed by atoms with E-state index in [0.717, 1.165) is 18.6 Å². The molecule has 1 unspecified atom stereocenters. The number of amides is 1. The van der Waals surface area contributed by atoms with Crippen molar-refractivity contribution >= 4 is 5.91 Å². The van der Waals surface area contributed by atoms with Crippen molar-refractivity contribution in [1.29, 1.82) is 0 Å². The molecule has 4 nitrogen and oxygen atoms in total. The Morgan fingerprint density at radius 3 is 2.68 bits per heavy atom. The summed E-state index contributed by atoms with van der Waals surface area (Å²) in [6.45, 7) is 1.53. The second kappa shape index (κ2) is 6.96. The quantitative estimate of drug-likeness (QED) is 0.886. The van der Waals surface area contributed by atoms with E-state index in [4.69, 9.17) is 4.74 Å². The highest BCUT2D eigenvalue weighted by Gasteiger charge is 2.44. The molecule has 25 heavy (non-hydrogen) atoms. The van der Waals surface area contributed by atoms with Gasteiger partial charge in [-0.15, -0.1) is 0 Å². The maximum atomic E-state index is 12.8. The number of halogens is 3. The monoisotopic (exact) mass is 357 g/mol. The summed E-state index contributed by atoms with van der Waals surface area (Å²) < 4.78 is 44.1. The maximum Gasteiger partial charge on any atom is 0.416 e. The molecule has 2 heterocycles. The van der Waals surface area contributed by atoms with Gasteiger partial charge in [0, 0.05) is 19.7 Å². The summed E-state index contributed by atoms with van der Waals surface area (Å²) in [6.07, 6.45) is -2.32. The average Bonchev–Trinajstić information content (AvgIpc) is 2.58. The molecule has 0 bridgehead atoms. The molecule has 138 valence electrons. The Kier molecular flexibility index (Phi) is 5.06. The first-order valence-electron chi connectivity index (χ1n) is 8.56. The van der Waals surface area contributed by atoms with Crippen molar-refractivity contribution < 1.29 is 27.8 Å². The van der Waals surface area contributed by atoms with Gasteiger partial charge in [-0.2, -0.15) is 13.2 Å². The van der Waals surface area contributed by atoms with Crippen molar-refractivity contribution in [2.24, 2.45) is 0 Å². The zero-order valence-corrected chi connectivity index (χ0v) is 13.9. The Labute approximate surface area is 144 Å². The molecule has 2 aliphatic heterocycles. The third kappa shape index (κ3) is 3.98. The van der Waals surface area contributed by atoms with Crippen LogP contribution >= 0.6 is 0 Å². The summed E-state index contributed by atoms with van der Waals surface area (Å²) in [4.78, 5) is 14.1. The van der Waals surface area contributed by atoms with Crippen LogP contribution in [-0.2, 0) is 22.1 Å². The molecule has 1 aromatic rings. The van der Waals surface area contributed by atoms with Crippen LogP contribution in [0, 0.1) is 0 Å². The SMILES string of the molecule is O=C(Cc1cccc(C(F)(F)F)c1)N1CCC2(CC1)OCCCC2O. The average molecular weight is 357 g/mol. The highest BCUT2D eigenvalue weighted by molar-refractivity contribution is 5.79. The number of hydrogen-bond donors (Lipinski definition) is 1. The number of benzene rings is 1. The third-order valence-corrected chi connectivity index (χ3v) is 5.19. The van der Waals surface area contributed by atoms with Gasteiger partial charge in [0.05, 0.1) is 23.7 Å². The van der Waals surface area contributed by atoms with Crippen molar-refractivity contribution in [3.8, 4) is 0 Å².